The number of halogens is 4. The topological polar surface area (TPSA) is 70.7 Å². The van der Waals surface area contributed by atoms with Crippen molar-refractivity contribution in [3.8, 4) is 0 Å². The molecule has 0 bridgehead atoms. The maximum Gasteiger partial charge on any atom is 0.324 e. The summed E-state index contributed by atoms with van der Waals surface area (Å²) in [5.74, 6) is -5.25. The van der Waals surface area contributed by atoms with Crippen molar-refractivity contribution in [3.05, 3.63) is 11.6 Å². The van der Waals surface area contributed by atoms with Crippen LogP contribution < -0.4 is 5.32 Å². The normalized spacial score (nSPS) is 11.9. The number of amides is 1. The molecule has 1 rings (SSSR count). The second kappa shape index (κ2) is 5.11. The number of H-pyrrole nitrogens is 1. The van der Waals surface area contributed by atoms with Gasteiger partial charge in [0.1, 0.15) is 5.82 Å². The van der Waals surface area contributed by atoms with Crippen LogP contribution in [0.4, 0.5) is 17.6 Å². The molecule has 17 heavy (non-hydrogen) atoms. The van der Waals surface area contributed by atoms with E-state index in [1.165, 1.54) is 0 Å². The van der Waals surface area contributed by atoms with E-state index in [0.717, 1.165) is 0 Å². The number of alkyl halides is 4. The number of aromatic amines is 1. The molecule has 1 amide bonds. The lowest BCUT2D eigenvalue weighted by Crippen LogP contribution is -2.41. The summed E-state index contributed by atoms with van der Waals surface area (Å²) in [5.41, 5.74) is 0. The fourth-order valence-electron chi connectivity index (χ4n) is 0.909. The van der Waals surface area contributed by atoms with E-state index in [9.17, 15) is 22.4 Å². The Morgan fingerprint density at radius 2 is 2.18 bits per heavy atom. The molecule has 9 heteroatoms. The Labute approximate surface area is 93.6 Å². The molecule has 5 nitrogen and oxygen atoms in total. The Bertz CT molecular complexity index is 393. The van der Waals surface area contributed by atoms with Gasteiger partial charge < -0.3 is 5.32 Å². The second-order valence-corrected chi connectivity index (χ2v) is 3.20. The number of rotatable bonds is 5. The molecular formula is C8H10F4N4O. The number of carbonyl (C=O) groups excluding carboxylic acids is 1. The van der Waals surface area contributed by atoms with Gasteiger partial charge in [-0.1, -0.05) is 6.92 Å². The van der Waals surface area contributed by atoms with Gasteiger partial charge in [0.25, 0.3) is 5.91 Å². The van der Waals surface area contributed by atoms with Crippen LogP contribution in [0.15, 0.2) is 0 Å². The maximum atomic E-state index is 12.5. The molecule has 0 fully saturated rings. The van der Waals surface area contributed by atoms with Gasteiger partial charge in [-0.15, -0.1) is 5.10 Å². The van der Waals surface area contributed by atoms with E-state index in [2.05, 4.69) is 15.2 Å². The number of hydrogen-bond acceptors (Lipinski definition) is 3. The molecular weight excluding hydrogens is 244 g/mol. The zero-order chi connectivity index (χ0) is 13.1. The first-order valence-electron chi connectivity index (χ1n) is 4.72. The highest BCUT2D eigenvalue weighted by Crippen LogP contribution is 2.21. The third-order valence-corrected chi connectivity index (χ3v) is 1.87. The summed E-state index contributed by atoms with van der Waals surface area (Å²) in [6.45, 7) is 0.284. The Morgan fingerprint density at radius 3 is 2.65 bits per heavy atom. The second-order valence-electron chi connectivity index (χ2n) is 3.20. The monoisotopic (exact) mass is 254 g/mol. The van der Waals surface area contributed by atoms with Crippen molar-refractivity contribution in [2.75, 3.05) is 6.54 Å². The third kappa shape index (κ3) is 3.40. The van der Waals surface area contributed by atoms with Crippen molar-refractivity contribution in [3.63, 3.8) is 0 Å². The molecule has 0 atom stereocenters. The summed E-state index contributed by atoms with van der Waals surface area (Å²) < 4.78 is 48.5. The summed E-state index contributed by atoms with van der Waals surface area (Å²) in [4.78, 5) is 14.9. The number of aryl methyl sites for hydroxylation is 1. The molecule has 2 N–H and O–H groups in total. The first-order valence-corrected chi connectivity index (χ1v) is 4.72. The Balaban J connectivity index is 2.56. The zero-order valence-corrected chi connectivity index (χ0v) is 8.81. The van der Waals surface area contributed by atoms with E-state index in [0.29, 0.717) is 12.2 Å². The smallest absolute Gasteiger partial charge is 0.324 e. The van der Waals surface area contributed by atoms with Crippen LogP contribution >= 0.6 is 0 Å². The van der Waals surface area contributed by atoms with Crippen molar-refractivity contribution in [1.29, 1.82) is 0 Å². The number of hydrogen-bond donors (Lipinski definition) is 2. The number of nitrogens with zero attached hydrogens (tertiary/aromatic N) is 2. The molecule has 0 aliphatic heterocycles. The number of aromatic nitrogens is 3. The fraction of sp³-hybridized carbons (Fsp3) is 0.625. The van der Waals surface area contributed by atoms with E-state index in [-0.39, 0.29) is 5.82 Å². The van der Waals surface area contributed by atoms with Crippen molar-refractivity contribution in [1.82, 2.24) is 20.5 Å². The minimum Gasteiger partial charge on any atom is -0.343 e. The molecule has 0 aliphatic rings. The molecule has 1 heterocycles. The highest BCUT2D eigenvalue weighted by Gasteiger charge is 2.41. The highest BCUT2D eigenvalue weighted by molar-refractivity contribution is 5.90. The van der Waals surface area contributed by atoms with E-state index in [1.54, 1.807) is 12.2 Å². The molecule has 0 saturated heterocycles. The molecule has 0 saturated carbocycles. The van der Waals surface area contributed by atoms with Gasteiger partial charge in [-0.25, -0.2) is 13.8 Å². The van der Waals surface area contributed by atoms with Crippen LogP contribution in [0.2, 0.25) is 0 Å². The van der Waals surface area contributed by atoms with Crippen molar-refractivity contribution < 1.29 is 22.4 Å². The molecule has 96 valence electrons. The lowest BCUT2D eigenvalue weighted by Gasteiger charge is -2.14. The first-order chi connectivity index (χ1) is 7.86. The van der Waals surface area contributed by atoms with Crippen LogP contribution in [0.1, 0.15) is 23.4 Å². The predicted octanol–water partition coefficient (Wildman–Crippen LogP) is 0.997. The highest BCUT2D eigenvalue weighted by atomic mass is 19.3. The largest absolute Gasteiger partial charge is 0.343 e. The van der Waals surface area contributed by atoms with Gasteiger partial charge in [-0.3, -0.25) is 9.89 Å². The molecule has 1 aromatic heterocycles. The molecule has 0 aromatic carbocycles. The van der Waals surface area contributed by atoms with E-state index in [1.807, 2.05) is 0 Å². The number of nitrogens with one attached hydrogen (secondary N) is 2. The number of carbonyl (C=O) groups is 1. The molecule has 0 spiro atoms. The summed E-state index contributed by atoms with van der Waals surface area (Å²) in [5, 5.41) is 7.49. The Morgan fingerprint density at radius 1 is 1.53 bits per heavy atom. The summed E-state index contributed by atoms with van der Waals surface area (Å²) >= 11 is 0. The third-order valence-electron chi connectivity index (χ3n) is 1.87. The maximum absolute atomic E-state index is 12.5. The minimum atomic E-state index is -4.26. The average molecular weight is 254 g/mol. The average Bonchev–Trinajstić information content (AvgIpc) is 2.74. The van der Waals surface area contributed by atoms with Crippen molar-refractivity contribution in [2.24, 2.45) is 0 Å². The van der Waals surface area contributed by atoms with E-state index < -0.39 is 24.8 Å². The van der Waals surface area contributed by atoms with Crippen LogP contribution in [0.5, 0.6) is 0 Å². The zero-order valence-electron chi connectivity index (χ0n) is 8.81. The Hall–Kier alpha value is -1.67. The molecule has 0 radical (unpaired) electrons. The van der Waals surface area contributed by atoms with Gasteiger partial charge in [-0.2, -0.15) is 8.78 Å². The van der Waals surface area contributed by atoms with Gasteiger partial charge in [0.15, 0.2) is 0 Å². The first kappa shape index (κ1) is 13.4. The molecule has 0 aliphatic carbocycles. The lowest BCUT2D eigenvalue weighted by atomic mass is 10.3. The minimum absolute atomic E-state index is 0.355. The van der Waals surface area contributed by atoms with Crippen LogP contribution in [0.3, 0.4) is 0 Å². The quantitative estimate of drug-likeness (QED) is 0.770. The lowest BCUT2D eigenvalue weighted by molar-refractivity contribution is -0.123. The van der Waals surface area contributed by atoms with Gasteiger partial charge >= 0.3 is 12.3 Å². The summed E-state index contributed by atoms with van der Waals surface area (Å²) in [7, 11) is 0. The SMILES string of the molecule is CCc1nc(C(=O)NCC(F)(F)C(F)F)n[nH]1. The van der Waals surface area contributed by atoms with Gasteiger partial charge in [0.2, 0.25) is 5.82 Å². The van der Waals surface area contributed by atoms with Gasteiger partial charge in [0.05, 0.1) is 6.54 Å². The van der Waals surface area contributed by atoms with Crippen LogP contribution in [0.25, 0.3) is 0 Å². The van der Waals surface area contributed by atoms with Gasteiger partial charge in [0, 0.05) is 6.42 Å². The van der Waals surface area contributed by atoms with E-state index in [4.69, 9.17) is 0 Å². The van der Waals surface area contributed by atoms with E-state index >= 15 is 0 Å². The molecule has 0 unspecified atom stereocenters. The van der Waals surface area contributed by atoms with Crippen LogP contribution in [-0.4, -0.2) is 40.0 Å². The van der Waals surface area contributed by atoms with Gasteiger partial charge in [-0.05, 0) is 0 Å². The predicted molar refractivity (Wildman–Crippen MR) is 49.0 cm³/mol. The van der Waals surface area contributed by atoms with Crippen LogP contribution in [-0.2, 0) is 6.42 Å². The van der Waals surface area contributed by atoms with Crippen molar-refractivity contribution in [2.45, 2.75) is 25.7 Å². The Kier molecular flexibility index (Phi) is 4.02. The van der Waals surface area contributed by atoms with Crippen molar-refractivity contribution >= 4 is 5.91 Å². The standard InChI is InChI=1S/C8H10F4N4O/c1-2-4-14-5(16-15-4)6(17)13-3-8(11,12)7(9)10/h7H,2-3H2,1H3,(H,13,17)(H,14,15,16). The van der Waals surface area contributed by atoms with Crippen LogP contribution in [0, 0.1) is 0 Å². The summed E-state index contributed by atoms with van der Waals surface area (Å²) in [6, 6.07) is 0. The molecule has 1 aromatic rings. The fourth-order valence-corrected chi connectivity index (χ4v) is 0.909. The summed E-state index contributed by atoms with van der Waals surface area (Å²) in [6.07, 6.45) is -3.35.